The molecule has 82 valence electrons. The summed E-state index contributed by atoms with van der Waals surface area (Å²) in [5, 5.41) is 0. The second-order valence-electron chi connectivity index (χ2n) is 3.40. The van der Waals surface area contributed by atoms with Crippen molar-refractivity contribution >= 4 is 5.95 Å². The van der Waals surface area contributed by atoms with E-state index in [0.29, 0.717) is 11.5 Å². The van der Waals surface area contributed by atoms with E-state index in [1.165, 1.54) is 0 Å². The molecule has 0 saturated carbocycles. The van der Waals surface area contributed by atoms with E-state index in [4.69, 9.17) is 5.73 Å². The molecule has 0 aromatic carbocycles. The molecule has 0 atom stereocenters. The SMILES string of the molecule is CCCc1nc(N)nc(-c2ccccn2)n1. The first-order chi connectivity index (χ1) is 7.79. The summed E-state index contributed by atoms with van der Waals surface area (Å²) in [7, 11) is 0. The van der Waals surface area contributed by atoms with Crippen molar-refractivity contribution in [3.05, 3.63) is 30.2 Å². The van der Waals surface area contributed by atoms with E-state index < -0.39 is 0 Å². The molecule has 0 fully saturated rings. The van der Waals surface area contributed by atoms with Crippen LogP contribution in [0.2, 0.25) is 0 Å². The maximum atomic E-state index is 5.64. The molecule has 0 bridgehead atoms. The minimum absolute atomic E-state index is 0.249. The van der Waals surface area contributed by atoms with E-state index in [9.17, 15) is 0 Å². The van der Waals surface area contributed by atoms with Gasteiger partial charge in [-0.1, -0.05) is 13.0 Å². The van der Waals surface area contributed by atoms with Crippen LogP contribution in [0.15, 0.2) is 24.4 Å². The van der Waals surface area contributed by atoms with Crippen molar-refractivity contribution in [1.29, 1.82) is 0 Å². The van der Waals surface area contributed by atoms with Crippen LogP contribution in [0.25, 0.3) is 11.5 Å². The number of nitrogen functional groups attached to an aromatic ring is 1. The van der Waals surface area contributed by atoms with Gasteiger partial charge in [0.05, 0.1) is 0 Å². The highest BCUT2D eigenvalue weighted by Gasteiger charge is 2.06. The van der Waals surface area contributed by atoms with Crippen LogP contribution in [0.1, 0.15) is 19.2 Å². The largest absolute Gasteiger partial charge is 0.368 e. The van der Waals surface area contributed by atoms with Crippen LogP contribution in [0, 0.1) is 0 Å². The molecular weight excluding hydrogens is 202 g/mol. The Kier molecular flexibility index (Phi) is 3.05. The Balaban J connectivity index is 2.41. The number of aryl methyl sites for hydroxylation is 1. The van der Waals surface area contributed by atoms with Gasteiger partial charge in [0, 0.05) is 12.6 Å². The number of hydrogen-bond acceptors (Lipinski definition) is 5. The van der Waals surface area contributed by atoms with Crippen LogP contribution in [0.5, 0.6) is 0 Å². The molecule has 0 aliphatic heterocycles. The Morgan fingerprint density at radius 1 is 1.19 bits per heavy atom. The van der Waals surface area contributed by atoms with Crippen LogP contribution in [0.3, 0.4) is 0 Å². The molecule has 0 aliphatic rings. The van der Waals surface area contributed by atoms with Crippen molar-refractivity contribution in [1.82, 2.24) is 19.9 Å². The van der Waals surface area contributed by atoms with Crippen molar-refractivity contribution in [3.8, 4) is 11.5 Å². The van der Waals surface area contributed by atoms with Crippen LogP contribution in [-0.2, 0) is 6.42 Å². The maximum Gasteiger partial charge on any atom is 0.223 e. The topological polar surface area (TPSA) is 77.6 Å². The van der Waals surface area contributed by atoms with Gasteiger partial charge in [0.15, 0.2) is 5.82 Å². The minimum Gasteiger partial charge on any atom is -0.368 e. The lowest BCUT2D eigenvalue weighted by Crippen LogP contribution is -2.05. The van der Waals surface area contributed by atoms with E-state index >= 15 is 0 Å². The number of rotatable bonds is 3. The molecule has 0 aliphatic carbocycles. The van der Waals surface area contributed by atoms with Crippen molar-refractivity contribution in [3.63, 3.8) is 0 Å². The van der Waals surface area contributed by atoms with E-state index in [2.05, 4.69) is 26.9 Å². The maximum absolute atomic E-state index is 5.64. The standard InChI is InChI=1S/C11H13N5/c1-2-5-9-14-10(16-11(12)15-9)8-6-3-4-7-13-8/h3-4,6-7H,2,5H2,1H3,(H2,12,14,15,16). The number of hydrogen-bond donors (Lipinski definition) is 1. The molecule has 0 saturated heterocycles. The fourth-order valence-corrected chi connectivity index (χ4v) is 1.38. The van der Waals surface area contributed by atoms with Crippen LogP contribution in [-0.4, -0.2) is 19.9 Å². The molecule has 2 aromatic heterocycles. The van der Waals surface area contributed by atoms with Gasteiger partial charge < -0.3 is 5.73 Å². The molecule has 0 unspecified atom stereocenters. The zero-order valence-corrected chi connectivity index (χ0v) is 9.09. The number of pyridine rings is 1. The molecule has 0 radical (unpaired) electrons. The lowest BCUT2D eigenvalue weighted by molar-refractivity contribution is 0.823. The third-order valence-electron chi connectivity index (χ3n) is 2.07. The van der Waals surface area contributed by atoms with Gasteiger partial charge in [0.25, 0.3) is 0 Å². The predicted molar refractivity (Wildman–Crippen MR) is 61.5 cm³/mol. The smallest absolute Gasteiger partial charge is 0.223 e. The molecule has 16 heavy (non-hydrogen) atoms. The summed E-state index contributed by atoms with van der Waals surface area (Å²) in [4.78, 5) is 16.7. The number of nitrogens with zero attached hydrogens (tertiary/aromatic N) is 4. The Morgan fingerprint density at radius 2 is 2.06 bits per heavy atom. The quantitative estimate of drug-likeness (QED) is 0.838. The van der Waals surface area contributed by atoms with Gasteiger partial charge in [-0.25, -0.2) is 4.98 Å². The van der Waals surface area contributed by atoms with Crippen LogP contribution < -0.4 is 5.73 Å². The summed E-state index contributed by atoms with van der Waals surface area (Å²) in [5.74, 6) is 1.51. The fourth-order valence-electron chi connectivity index (χ4n) is 1.38. The molecular formula is C11H13N5. The second-order valence-corrected chi connectivity index (χ2v) is 3.40. The third kappa shape index (κ3) is 2.31. The van der Waals surface area contributed by atoms with Gasteiger partial charge in [-0.2, -0.15) is 9.97 Å². The molecule has 5 heteroatoms. The van der Waals surface area contributed by atoms with Gasteiger partial charge in [0.2, 0.25) is 5.95 Å². The Morgan fingerprint density at radius 3 is 2.75 bits per heavy atom. The van der Waals surface area contributed by atoms with Crippen molar-refractivity contribution < 1.29 is 0 Å². The average molecular weight is 215 g/mol. The fraction of sp³-hybridized carbons (Fsp3) is 0.273. The molecule has 0 spiro atoms. The van der Waals surface area contributed by atoms with Gasteiger partial charge in [-0.3, -0.25) is 4.98 Å². The highest BCUT2D eigenvalue weighted by Crippen LogP contribution is 2.12. The normalized spacial score (nSPS) is 10.3. The molecule has 2 aromatic rings. The lowest BCUT2D eigenvalue weighted by atomic mass is 10.3. The van der Waals surface area contributed by atoms with Crippen molar-refractivity contribution in [2.24, 2.45) is 0 Å². The summed E-state index contributed by atoms with van der Waals surface area (Å²) < 4.78 is 0. The average Bonchev–Trinajstić information content (AvgIpc) is 2.30. The Labute approximate surface area is 93.8 Å². The Hall–Kier alpha value is -2.04. The van der Waals surface area contributed by atoms with E-state index in [-0.39, 0.29) is 5.95 Å². The van der Waals surface area contributed by atoms with Crippen LogP contribution in [0.4, 0.5) is 5.95 Å². The van der Waals surface area contributed by atoms with Crippen molar-refractivity contribution in [2.75, 3.05) is 5.73 Å². The minimum atomic E-state index is 0.249. The van der Waals surface area contributed by atoms with Gasteiger partial charge in [-0.15, -0.1) is 0 Å². The summed E-state index contributed by atoms with van der Waals surface area (Å²) in [6.07, 6.45) is 3.48. The third-order valence-corrected chi connectivity index (χ3v) is 2.07. The van der Waals surface area contributed by atoms with Crippen molar-refractivity contribution in [2.45, 2.75) is 19.8 Å². The number of anilines is 1. The summed E-state index contributed by atoms with van der Waals surface area (Å²) >= 11 is 0. The first-order valence-electron chi connectivity index (χ1n) is 5.21. The van der Waals surface area contributed by atoms with E-state index in [0.717, 1.165) is 18.7 Å². The monoisotopic (exact) mass is 215 g/mol. The first kappa shape index (κ1) is 10.5. The summed E-state index contributed by atoms with van der Waals surface area (Å²) in [6, 6.07) is 5.59. The molecule has 2 N–H and O–H groups in total. The molecule has 2 rings (SSSR count). The zero-order valence-electron chi connectivity index (χ0n) is 9.09. The highest BCUT2D eigenvalue weighted by molar-refractivity contribution is 5.49. The van der Waals surface area contributed by atoms with E-state index in [1.807, 2.05) is 18.2 Å². The zero-order chi connectivity index (χ0) is 11.4. The first-order valence-corrected chi connectivity index (χ1v) is 5.21. The van der Waals surface area contributed by atoms with Crippen LogP contribution >= 0.6 is 0 Å². The van der Waals surface area contributed by atoms with E-state index in [1.54, 1.807) is 6.20 Å². The molecule has 0 amide bonds. The number of aromatic nitrogens is 4. The highest BCUT2D eigenvalue weighted by atomic mass is 15.1. The second kappa shape index (κ2) is 4.65. The Bertz CT molecular complexity index is 469. The summed E-state index contributed by atoms with van der Waals surface area (Å²) in [5.41, 5.74) is 6.35. The predicted octanol–water partition coefficient (Wildman–Crippen LogP) is 1.47. The van der Waals surface area contributed by atoms with Gasteiger partial charge >= 0.3 is 0 Å². The van der Waals surface area contributed by atoms with Gasteiger partial charge in [-0.05, 0) is 18.6 Å². The lowest BCUT2D eigenvalue weighted by Gasteiger charge is -2.03. The molecule has 2 heterocycles. The molecule has 5 nitrogen and oxygen atoms in total. The summed E-state index contributed by atoms with van der Waals surface area (Å²) in [6.45, 7) is 2.07. The van der Waals surface area contributed by atoms with Gasteiger partial charge in [0.1, 0.15) is 11.5 Å². The number of nitrogens with two attached hydrogens (primary N) is 1.